The van der Waals surface area contributed by atoms with Crippen LogP contribution < -0.4 is 16.4 Å². The van der Waals surface area contributed by atoms with E-state index in [2.05, 4.69) is 9.97 Å². The van der Waals surface area contributed by atoms with E-state index >= 15 is 0 Å². The third-order valence-electron chi connectivity index (χ3n) is 4.62. The first-order chi connectivity index (χ1) is 10.5. The summed E-state index contributed by atoms with van der Waals surface area (Å²) in [5, 5.41) is 0. The summed E-state index contributed by atoms with van der Waals surface area (Å²) in [7, 11) is 0. The number of aromatic nitrogens is 2. The minimum Gasteiger partial charge on any atom is -0.369 e. The fourth-order valence-electron chi connectivity index (χ4n) is 3.51. The van der Waals surface area contributed by atoms with Gasteiger partial charge in [0.1, 0.15) is 11.6 Å². The molecule has 1 aromatic heterocycles. The van der Waals surface area contributed by atoms with E-state index in [4.69, 9.17) is 11.5 Å². The number of hydrogen-bond acceptors (Lipinski definition) is 5. The van der Waals surface area contributed by atoms with Crippen LogP contribution in [0, 0.1) is 18.8 Å². The van der Waals surface area contributed by atoms with Crippen molar-refractivity contribution < 1.29 is 9.59 Å². The van der Waals surface area contributed by atoms with Crippen molar-refractivity contribution in [2.45, 2.75) is 32.6 Å². The number of fused-ring (bicyclic) bond motifs is 1. The van der Waals surface area contributed by atoms with Crippen molar-refractivity contribution in [3.05, 3.63) is 17.1 Å². The zero-order chi connectivity index (χ0) is 15.9. The Labute approximate surface area is 129 Å². The molecule has 7 nitrogen and oxygen atoms in total. The second-order valence-corrected chi connectivity index (χ2v) is 6.15. The van der Waals surface area contributed by atoms with Crippen molar-refractivity contribution in [2.75, 3.05) is 18.0 Å². The Morgan fingerprint density at radius 3 is 2.23 bits per heavy atom. The molecule has 2 amide bonds. The molecule has 0 bridgehead atoms. The van der Waals surface area contributed by atoms with Crippen LogP contribution in [0.5, 0.6) is 0 Å². The minimum atomic E-state index is -0.549. The summed E-state index contributed by atoms with van der Waals surface area (Å²) in [6, 6.07) is 0. The Hall–Kier alpha value is -2.18. The molecule has 1 saturated heterocycles. The molecule has 3 rings (SSSR count). The van der Waals surface area contributed by atoms with Crippen LogP contribution in [0.3, 0.4) is 0 Å². The maximum absolute atomic E-state index is 11.6. The number of amides is 2. The standard InChI is InChI=1S/C15H21N5O2/c1-8-18-12-5-3-2-4-9(12)15(19-8)20-6-10(13(16)21)11(7-20)14(17)22/h10-11H,2-7H2,1H3,(H2,16,21)(H2,17,22). The highest BCUT2D eigenvalue weighted by Crippen LogP contribution is 2.33. The summed E-state index contributed by atoms with van der Waals surface area (Å²) >= 11 is 0. The lowest BCUT2D eigenvalue weighted by Crippen LogP contribution is -2.36. The molecule has 0 saturated carbocycles. The molecule has 1 aromatic rings. The first kappa shape index (κ1) is 14.7. The highest BCUT2D eigenvalue weighted by Gasteiger charge is 2.41. The number of carbonyl (C=O) groups is 2. The number of nitrogens with zero attached hydrogens (tertiary/aromatic N) is 3. The molecule has 4 N–H and O–H groups in total. The average Bonchev–Trinajstić information content (AvgIpc) is 2.91. The van der Waals surface area contributed by atoms with Crippen molar-refractivity contribution in [1.29, 1.82) is 0 Å². The number of hydrogen-bond donors (Lipinski definition) is 2. The summed E-state index contributed by atoms with van der Waals surface area (Å²) in [6.07, 6.45) is 4.14. The Morgan fingerprint density at radius 1 is 1.05 bits per heavy atom. The minimum absolute atomic E-state index is 0.395. The summed E-state index contributed by atoms with van der Waals surface area (Å²) < 4.78 is 0. The smallest absolute Gasteiger partial charge is 0.223 e. The zero-order valence-corrected chi connectivity index (χ0v) is 12.7. The fourth-order valence-corrected chi connectivity index (χ4v) is 3.51. The first-order valence-electron chi connectivity index (χ1n) is 7.67. The van der Waals surface area contributed by atoms with Crippen LogP contribution in [-0.4, -0.2) is 34.9 Å². The maximum Gasteiger partial charge on any atom is 0.223 e. The largest absolute Gasteiger partial charge is 0.369 e. The van der Waals surface area contributed by atoms with E-state index in [-0.39, 0.29) is 0 Å². The quantitative estimate of drug-likeness (QED) is 0.794. The van der Waals surface area contributed by atoms with Gasteiger partial charge in [-0.05, 0) is 32.6 Å². The maximum atomic E-state index is 11.6. The summed E-state index contributed by atoms with van der Waals surface area (Å²) in [4.78, 5) is 34.3. The number of rotatable bonds is 3. The second kappa shape index (κ2) is 5.55. The van der Waals surface area contributed by atoms with E-state index in [1.54, 1.807) is 0 Å². The molecule has 1 fully saturated rings. The Bertz CT molecular complexity index is 609. The van der Waals surface area contributed by atoms with E-state index < -0.39 is 23.7 Å². The van der Waals surface area contributed by atoms with Gasteiger partial charge < -0.3 is 16.4 Å². The van der Waals surface area contributed by atoms with Gasteiger partial charge in [0.15, 0.2) is 0 Å². The van der Waals surface area contributed by atoms with Gasteiger partial charge in [0.2, 0.25) is 11.8 Å². The molecule has 0 radical (unpaired) electrons. The zero-order valence-electron chi connectivity index (χ0n) is 12.7. The van der Waals surface area contributed by atoms with Crippen molar-refractivity contribution in [2.24, 2.45) is 23.3 Å². The Balaban J connectivity index is 1.97. The van der Waals surface area contributed by atoms with E-state index in [1.165, 1.54) is 0 Å². The van der Waals surface area contributed by atoms with Crippen LogP contribution in [-0.2, 0) is 22.4 Å². The fraction of sp³-hybridized carbons (Fsp3) is 0.600. The molecule has 0 aromatic carbocycles. The monoisotopic (exact) mass is 303 g/mol. The molecular formula is C15H21N5O2. The number of carbonyl (C=O) groups excluding carboxylic acids is 2. The number of primary amides is 2. The molecule has 2 heterocycles. The molecule has 7 heteroatoms. The van der Waals surface area contributed by atoms with Crippen molar-refractivity contribution >= 4 is 17.6 Å². The van der Waals surface area contributed by atoms with Gasteiger partial charge in [-0.15, -0.1) is 0 Å². The summed E-state index contributed by atoms with van der Waals surface area (Å²) in [6.45, 7) is 2.66. The SMILES string of the molecule is Cc1nc2c(c(N3CC(C(N)=O)C(C(N)=O)C3)n1)CCCC2. The molecule has 118 valence electrons. The summed E-state index contributed by atoms with van der Waals surface area (Å²) in [5.74, 6) is -0.498. The number of anilines is 1. The molecule has 2 atom stereocenters. The van der Waals surface area contributed by atoms with E-state index in [1.807, 2.05) is 11.8 Å². The number of aryl methyl sites for hydroxylation is 2. The second-order valence-electron chi connectivity index (χ2n) is 6.15. The van der Waals surface area contributed by atoms with Gasteiger partial charge in [-0.3, -0.25) is 9.59 Å². The molecular weight excluding hydrogens is 282 g/mol. The van der Waals surface area contributed by atoms with Gasteiger partial charge in [0.25, 0.3) is 0 Å². The highest BCUT2D eigenvalue weighted by molar-refractivity contribution is 5.88. The average molecular weight is 303 g/mol. The van der Waals surface area contributed by atoms with E-state index in [0.717, 1.165) is 42.8 Å². The Kier molecular flexibility index (Phi) is 3.72. The van der Waals surface area contributed by atoms with Crippen molar-refractivity contribution in [1.82, 2.24) is 9.97 Å². The first-order valence-corrected chi connectivity index (χ1v) is 7.67. The van der Waals surface area contributed by atoms with Crippen LogP contribution in [0.1, 0.15) is 29.9 Å². The van der Waals surface area contributed by atoms with Gasteiger partial charge in [-0.1, -0.05) is 0 Å². The van der Waals surface area contributed by atoms with Crippen LogP contribution in [0.2, 0.25) is 0 Å². The third kappa shape index (κ3) is 2.51. The van der Waals surface area contributed by atoms with Gasteiger partial charge in [-0.25, -0.2) is 9.97 Å². The summed E-state index contributed by atoms with van der Waals surface area (Å²) in [5.41, 5.74) is 13.1. The number of nitrogens with two attached hydrogens (primary N) is 2. The van der Waals surface area contributed by atoms with Gasteiger partial charge in [0, 0.05) is 24.3 Å². The van der Waals surface area contributed by atoms with Crippen LogP contribution >= 0.6 is 0 Å². The molecule has 2 unspecified atom stereocenters. The van der Waals surface area contributed by atoms with E-state index in [0.29, 0.717) is 18.9 Å². The van der Waals surface area contributed by atoms with Crippen LogP contribution in [0.15, 0.2) is 0 Å². The normalized spacial score (nSPS) is 24.1. The van der Waals surface area contributed by atoms with Gasteiger partial charge >= 0.3 is 0 Å². The highest BCUT2D eigenvalue weighted by atomic mass is 16.2. The lowest BCUT2D eigenvalue weighted by molar-refractivity contribution is -0.129. The molecule has 0 spiro atoms. The lowest BCUT2D eigenvalue weighted by Gasteiger charge is -2.25. The molecule has 22 heavy (non-hydrogen) atoms. The van der Waals surface area contributed by atoms with Crippen molar-refractivity contribution in [3.8, 4) is 0 Å². The van der Waals surface area contributed by atoms with E-state index in [9.17, 15) is 9.59 Å². The predicted octanol–water partition coefficient (Wildman–Crippen LogP) is -0.313. The van der Waals surface area contributed by atoms with Crippen LogP contribution in [0.25, 0.3) is 0 Å². The lowest BCUT2D eigenvalue weighted by atomic mass is 9.95. The predicted molar refractivity (Wildman–Crippen MR) is 81.0 cm³/mol. The van der Waals surface area contributed by atoms with Gasteiger partial charge in [0.05, 0.1) is 11.8 Å². The van der Waals surface area contributed by atoms with Crippen molar-refractivity contribution in [3.63, 3.8) is 0 Å². The topological polar surface area (TPSA) is 115 Å². The van der Waals surface area contributed by atoms with Gasteiger partial charge in [-0.2, -0.15) is 0 Å². The Morgan fingerprint density at radius 2 is 1.64 bits per heavy atom. The molecule has 2 aliphatic rings. The van der Waals surface area contributed by atoms with Crippen LogP contribution in [0.4, 0.5) is 5.82 Å². The molecule has 1 aliphatic heterocycles. The third-order valence-corrected chi connectivity index (χ3v) is 4.62. The molecule has 1 aliphatic carbocycles.